The van der Waals surface area contributed by atoms with E-state index in [-0.39, 0.29) is 0 Å². The van der Waals surface area contributed by atoms with E-state index in [1.54, 1.807) is 0 Å². The Morgan fingerprint density at radius 3 is 1.97 bits per heavy atom. The first-order valence-electron chi connectivity index (χ1n) is 11.2. The lowest BCUT2D eigenvalue weighted by atomic mass is 9.85. The van der Waals surface area contributed by atoms with Gasteiger partial charge in [0.25, 0.3) is 0 Å². The minimum absolute atomic E-state index is 1.11. The summed E-state index contributed by atoms with van der Waals surface area (Å²) < 4.78 is 1.11. The topological polar surface area (TPSA) is 0 Å². The molecule has 0 aliphatic heterocycles. The molecule has 0 saturated heterocycles. The summed E-state index contributed by atoms with van der Waals surface area (Å²) in [6.45, 7) is 0. The highest BCUT2D eigenvalue weighted by atomic mass is 79.9. The number of benzene rings is 6. The molecule has 0 saturated carbocycles. The van der Waals surface area contributed by atoms with Gasteiger partial charge >= 0.3 is 0 Å². The Kier molecular flexibility index (Phi) is 4.09. The van der Waals surface area contributed by atoms with Crippen LogP contribution in [0.5, 0.6) is 0 Å². The van der Waals surface area contributed by atoms with Crippen LogP contribution < -0.4 is 0 Å². The normalized spacial score (nSPS) is 11.8. The Balaban J connectivity index is 1.72. The van der Waals surface area contributed by atoms with E-state index < -0.39 is 0 Å². The fraction of sp³-hybridized carbons (Fsp3) is 0. The van der Waals surface area contributed by atoms with Crippen molar-refractivity contribution in [3.63, 3.8) is 0 Å². The maximum Gasteiger partial charge on any atom is 0.0181 e. The Bertz CT molecular complexity index is 1700. The van der Waals surface area contributed by atoms with Crippen molar-refractivity contribution in [2.45, 2.75) is 0 Å². The molecule has 0 unspecified atom stereocenters. The summed E-state index contributed by atoms with van der Waals surface area (Å²) in [5, 5.41) is 5.22. The molecule has 1 heteroatoms. The molecular formula is C32H19Br. The molecule has 0 radical (unpaired) electrons. The van der Waals surface area contributed by atoms with Gasteiger partial charge in [0.05, 0.1) is 0 Å². The fourth-order valence-corrected chi connectivity index (χ4v) is 5.85. The van der Waals surface area contributed by atoms with Gasteiger partial charge in [-0.3, -0.25) is 0 Å². The summed E-state index contributed by atoms with van der Waals surface area (Å²) in [6.07, 6.45) is 0. The van der Waals surface area contributed by atoms with Crippen LogP contribution >= 0.6 is 15.9 Å². The molecule has 0 N–H and O–H groups in total. The lowest BCUT2D eigenvalue weighted by Gasteiger charge is -2.18. The van der Waals surface area contributed by atoms with Gasteiger partial charge < -0.3 is 0 Å². The van der Waals surface area contributed by atoms with E-state index in [2.05, 4.69) is 131 Å². The molecule has 0 fully saturated rings. The summed E-state index contributed by atoms with van der Waals surface area (Å²) in [4.78, 5) is 0. The van der Waals surface area contributed by atoms with Crippen molar-refractivity contribution in [2.24, 2.45) is 0 Å². The Hall–Kier alpha value is -3.68. The van der Waals surface area contributed by atoms with Crippen molar-refractivity contribution in [1.82, 2.24) is 0 Å². The fourth-order valence-electron chi connectivity index (χ4n) is 5.48. The minimum Gasteiger partial charge on any atom is -0.0622 e. The number of halogens is 1. The van der Waals surface area contributed by atoms with Crippen LogP contribution in [0.1, 0.15) is 0 Å². The third-order valence-electron chi connectivity index (χ3n) is 6.84. The first kappa shape index (κ1) is 18.8. The average molecular weight is 483 g/mol. The van der Waals surface area contributed by atoms with Gasteiger partial charge in [0.2, 0.25) is 0 Å². The van der Waals surface area contributed by atoms with Gasteiger partial charge in [-0.05, 0) is 84.3 Å². The molecule has 0 spiro atoms. The van der Waals surface area contributed by atoms with Gasteiger partial charge in [0.15, 0.2) is 0 Å². The molecule has 0 bridgehead atoms. The summed E-state index contributed by atoms with van der Waals surface area (Å²) in [7, 11) is 0. The predicted octanol–water partition coefficient (Wildman–Crippen LogP) is 9.74. The monoisotopic (exact) mass is 482 g/mol. The first-order chi connectivity index (χ1) is 16.3. The van der Waals surface area contributed by atoms with Crippen molar-refractivity contribution >= 4 is 37.5 Å². The maximum absolute atomic E-state index is 3.66. The first-order valence-corrected chi connectivity index (χ1v) is 12.0. The zero-order chi connectivity index (χ0) is 21.9. The highest BCUT2D eigenvalue weighted by Crippen LogP contribution is 2.56. The second kappa shape index (κ2) is 7.16. The summed E-state index contributed by atoms with van der Waals surface area (Å²) in [6, 6.07) is 42.0. The molecule has 7 rings (SSSR count). The van der Waals surface area contributed by atoms with Gasteiger partial charge in [0, 0.05) is 4.47 Å². The van der Waals surface area contributed by atoms with E-state index in [0.717, 1.165) is 4.47 Å². The predicted molar refractivity (Wildman–Crippen MR) is 144 cm³/mol. The van der Waals surface area contributed by atoms with Crippen LogP contribution in [-0.2, 0) is 0 Å². The third-order valence-corrected chi connectivity index (χ3v) is 7.33. The Morgan fingerprint density at radius 2 is 1.18 bits per heavy atom. The molecule has 0 nitrogen and oxygen atoms in total. The standard InChI is InChI=1S/C32H19Br/c33-24-15-17-25-22(18-24)14-16-27-26-13-7-12-23-19-28(20-8-3-1-4-9-20)29(21-10-5-2-6-11-21)32(30(23)26)31(25)27/h1-19H. The molecule has 0 amide bonds. The number of fused-ring (bicyclic) bond motifs is 5. The zero-order valence-electron chi connectivity index (χ0n) is 17.8. The molecule has 0 heterocycles. The quantitative estimate of drug-likeness (QED) is 0.230. The van der Waals surface area contributed by atoms with Crippen LogP contribution in [0.4, 0.5) is 0 Å². The third kappa shape index (κ3) is 2.76. The van der Waals surface area contributed by atoms with Crippen LogP contribution in [0.25, 0.3) is 66.1 Å². The van der Waals surface area contributed by atoms with Crippen LogP contribution in [0, 0.1) is 0 Å². The van der Waals surface area contributed by atoms with E-state index in [4.69, 9.17) is 0 Å². The number of hydrogen-bond donors (Lipinski definition) is 0. The van der Waals surface area contributed by atoms with Gasteiger partial charge in [-0.1, -0.05) is 113 Å². The van der Waals surface area contributed by atoms with Crippen LogP contribution in [-0.4, -0.2) is 0 Å². The molecule has 1 aliphatic carbocycles. The summed E-state index contributed by atoms with van der Waals surface area (Å²) in [5.74, 6) is 0. The van der Waals surface area contributed by atoms with E-state index in [1.165, 1.54) is 66.1 Å². The Labute approximate surface area is 201 Å². The van der Waals surface area contributed by atoms with E-state index >= 15 is 0 Å². The van der Waals surface area contributed by atoms with Crippen LogP contribution in [0.3, 0.4) is 0 Å². The van der Waals surface area contributed by atoms with Gasteiger partial charge in [0.1, 0.15) is 0 Å². The lowest BCUT2D eigenvalue weighted by molar-refractivity contribution is 1.61. The van der Waals surface area contributed by atoms with Crippen molar-refractivity contribution in [3.8, 4) is 44.5 Å². The molecule has 6 aromatic carbocycles. The Morgan fingerprint density at radius 1 is 0.424 bits per heavy atom. The molecule has 33 heavy (non-hydrogen) atoms. The smallest absolute Gasteiger partial charge is 0.0181 e. The molecule has 154 valence electrons. The second-order valence-corrected chi connectivity index (χ2v) is 9.58. The van der Waals surface area contributed by atoms with E-state index in [0.29, 0.717) is 0 Å². The van der Waals surface area contributed by atoms with Crippen molar-refractivity contribution in [2.75, 3.05) is 0 Å². The minimum atomic E-state index is 1.11. The SMILES string of the molecule is Brc1ccc2c3c(ccc2c1)-c1cccc2cc(-c4ccccc4)c(-c4ccccc4)c-3c12. The summed E-state index contributed by atoms with van der Waals surface area (Å²) >= 11 is 3.66. The highest BCUT2D eigenvalue weighted by molar-refractivity contribution is 9.10. The molecule has 6 aromatic rings. The largest absolute Gasteiger partial charge is 0.0622 e. The van der Waals surface area contributed by atoms with Crippen molar-refractivity contribution < 1.29 is 0 Å². The van der Waals surface area contributed by atoms with E-state index in [9.17, 15) is 0 Å². The highest BCUT2D eigenvalue weighted by Gasteiger charge is 2.28. The lowest BCUT2D eigenvalue weighted by Crippen LogP contribution is -1.91. The molecular weight excluding hydrogens is 464 g/mol. The summed E-state index contributed by atoms with van der Waals surface area (Å²) in [5.41, 5.74) is 10.5. The van der Waals surface area contributed by atoms with Gasteiger partial charge in [-0.25, -0.2) is 0 Å². The van der Waals surface area contributed by atoms with Crippen LogP contribution in [0.15, 0.2) is 120 Å². The van der Waals surface area contributed by atoms with Crippen LogP contribution in [0.2, 0.25) is 0 Å². The van der Waals surface area contributed by atoms with Gasteiger partial charge in [-0.2, -0.15) is 0 Å². The molecule has 1 aliphatic rings. The maximum atomic E-state index is 3.66. The number of rotatable bonds is 2. The second-order valence-electron chi connectivity index (χ2n) is 8.66. The number of hydrogen-bond acceptors (Lipinski definition) is 0. The molecule has 0 aromatic heterocycles. The van der Waals surface area contributed by atoms with Gasteiger partial charge in [-0.15, -0.1) is 0 Å². The van der Waals surface area contributed by atoms with Crippen molar-refractivity contribution in [3.05, 3.63) is 120 Å². The zero-order valence-corrected chi connectivity index (χ0v) is 19.4. The molecule has 0 atom stereocenters. The average Bonchev–Trinajstić information content (AvgIpc) is 3.21. The van der Waals surface area contributed by atoms with E-state index in [1.807, 2.05) is 0 Å². The van der Waals surface area contributed by atoms with Crippen molar-refractivity contribution in [1.29, 1.82) is 0 Å².